The van der Waals surface area contributed by atoms with Gasteiger partial charge in [-0.2, -0.15) is 0 Å². The number of carbonyl (C=O) groups is 2. The summed E-state index contributed by atoms with van der Waals surface area (Å²) in [4.78, 5) is 24.2. The maximum absolute atomic E-state index is 12.3. The summed E-state index contributed by atoms with van der Waals surface area (Å²) in [7, 11) is 0. The van der Waals surface area contributed by atoms with E-state index < -0.39 is 0 Å². The molecule has 0 aliphatic carbocycles. The molecule has 1 aromatic heterocycles. The first kappa shape index (κ1) is 22.0. The zero-order valence-corrected chi connectivity index (χ0v) is 18.4. The van der Waals surface area contributed by atoms with Crippen molar-refractivity contribution < 1.29 is 9.59 Å². The molecule has 0 radical (unpaired) electrons. The highest BCUT2D eigenvalue weighted by Crippen LogP contribution is 2.18. The van der Waals surface area contributed by atoms with Gasteiger partial charge in [-0.25, -0.2) is 0 Å². The zero-order chi connectivity index (χ0) is 21.2. The number of rotatable bonds is 10. The highest BCUT2D eigenvalue weighted by atomic mass is 32.2. The number of carbonyl (C=O) groups excluding carboxylic acids is 2. The van der Waals surface area contributed by atoms with Gasteiger partial charge >= 0.3 is 0 Å². The molecule has 0 aliphatic heterocycles. The summed E-state index contributed by atoms with van der Waals surface area (Å²) in [5, 5.41) is 14.8. The van der Waals surface area contributed by atoms with Crippen LogP contribution in [-0.4, -0.2) is 34.3 Å². The fraction of sp³-hybridized carbons (Fsp3) is 0.273. The number of thioether (sulfide) groups is 1. The Morgan fingerprint density at radius 2 is 1.80 bits per heavy atom. The van der Waals surface area contributed by atoms with E-state index in [1.54, 1.807) is 0 Å². The van der Waals surface area contributed by atoms with Crippen molar-refractivity contribution in [2.75, 3.05) is 17.6 Å². The molecule has 8 heteroatoms. The molecule has 156 valence electrons. The van der Waals surface area contributed by atoms with Crippen LogP contribution < -0.4 is 10.6 Å². The largest absolute Gasteiger partial charge is 0.355 e. The van der Waals surface area contributed by atoms with E-state index in [0.717, 1.165) is 29.1 Å². The molecule has 2 amide bonds. The van der Waals surface area contributed by atoms with Gasteiger partial charge in [0.05, 0.1) is 5.75 Å². The lowest BCUT2D eigenvalue weighted by Crippen LogP contribution is -2.26. The molecule has 30 heavy (non-hydrogen) atoms. The second-order valence-electron chi connectivity index (χ2n) is 6.75. The highest BCUT2D eigenvalue weighted by molar-refractivity contribution is 7.99. The Morgan fingerprint density at radius 1 is 1.03 bits per heavy atom. The average molecular weight is 441 g/mol. The maximum Gasteiger partial charge on any atom is 0.286 e. The predicted molar refractivity (Wildman–Crippen MR) is 123 cm³/mol. The molecule has 0 spiro atoms. The van der Waals surface area contributed by atoms with Crippen molar-refractivity contribution in [1.29, 1.82) is 0 Å². The van der Waals surface area contributed by atoms with Crippen LogP contribution in [0.3, 0.4) is 0 Å². The molecule has 6 nitrogen and oxygen atoms in total. The summed E-state index contributed by atoms with van der Waals surface area (Å²) in [5.41, 5.74) is 3.13. The third-order valence-corrected chi connectivity index (χ3v) is 6.29. The minimum atomic E-state index is -0.274. The van der Waals surface area contributed by atoms with Crippen molar-refractivity contribution in [3.63, 3.8) is 0 Å². The molecule has 1 heterocycles. The van der Waals surface area contributed by atoms with Gasteiger partial charge in [-0.3, -0.25) is 9.59 Å². The first-order valence-corrected chi connectivity index (χ1v) is 11.7. The van der Waals surface area contributed by atoms with E-state index in [0.29, 0.717) is 23.1 Å². The van der Waals surface area contributed by atoms with Gasteiger partial charge in [-0.15, -0.1) is 22.0 Å². The summed E-state index contributed by atoms with van der Waals surface area (Å²) in [6.45, 7) is 2.65. The molecule has 0 fully saturated rings. The summed E-state index contributed by atoms with van der Waals surface area (Å²) in [6.07, 6.45) is 1.86. The Labute approximate surface area is 184 Å². The van der Waals surface area contributed by atoms with Crippen molar-refractivity contribution >= 4 is 40.6 Å². The van der Waals surface area contributed by atoms with E-state index in [1.807, 2.05) is 49.4 Å². The van der Waals surface area contributed by atoms with Gasteiger partial charge in [0.2, 0.25) is 10.9 Å². The van der Waals surface area contributed by atoms with Crippen LogP contribution in [0.2, 0.25) is 0 Å². The SMILES string of the molecule is Cc1ccc(NC(=O)c2nnc(CSCC(=O)NCCCc3ccccc3)s2)cc1. The van der Waals surface area contributed by atoms with Crippen LogP contribution >= 0.6 is 23.1 Å². The molecule has 0 bridgehead atoms. The number of aromatic nitrogens is 2. The van der Waals surface area contributed by atoms with Crippen LogP contribution in [0.25, 0.3) is 0 Å². The Kier molecular flexibility index (Phi) is 8.41. The lowest BCUT2D eigenvalue weighted by Gasteiger charge is -2.05. The molecule has 0 aliphatic rings. The molecule has 2 aromatic carbocycles. The van der Waals surface area contributed by atoms with Gasteiger partial charge in [-0.05, 0) is 37.5 Å². The fourth-order valence-corrected chi connectivity index (χ4v) is 4.31. The summed E-state index contributed by atoms with van der Waals surface area (Å²) in [6, 6.07) is 17.8. The number of hydrogen-bond donors (Lipinski definition) is 2. The molecule has 2 N–H and O–H groups in total. The van der Waals surface area contributed by atoms with Crippen LogP contribution in [0.15, 0.2) is 54.6 Å². The van der Waals surface area contributed by atoms with E-state index in [4.69, 9.17) is 0 Å². The van der Waals surface area contributed by atoms with E-state index in [-0.39, 0.29) is 11.8 Å². The van der Waals surface area contributed by atoms with E-state index in [1.165, 1.54) is 28.7 Å². The Morgan fingerprint density at radius 3 is 2.57 bits per heavy atom. The zero-order valence-electron chi connectivity index (χ0n) is 16.8. The third-order valence-electron chi connectivity index (χ3n) is 4.24. The van der Waals surface area contributed by atoms with Crippen LogP contribution in [-0.2, 0) is 17.0 Å². The van der Waals surface area contributed by atoms with E-state index in [9.17, 15) is 9.59 Å². The van der Waals surface area contributed by atoms with Gasteiger partial charge < -0.3 is 10.6 Å². The molecule has 0 atom stereocenters. The normalized spacial score (nSPS) is 10.6. The number of benzene rings is 2. The van der Waals surface area contributed by atoms with Crippen molar-refractivity contribution in [2.24, 2.45) is 0 Å². The summed E-state index contributed by atoms with van der Waals surface area (Å²) in [5.74, 6) is 0.640. The van der Waals surface area contributed by atoms with Gasteiger partial charge in [0.1, 0.15) is 5.01 Å². The molecule has 3 rings (SSSR count). The number of hydrogen-bond acceptors (Lipinski definition) is 6. The van der Waals surface area contributed by atoms with E-state index in [2.05, 4.69) is 33.0 Å². The Hall–Kier alpha value is -2.71. The van der Waals surface area contributed by atoms with Gasteiger partial charge in [0, 0.05) is 18.0 Å². The first-order valence-electron chi connectivity index (χ1n) is 9.69. The van der Waals surface area contributed by atoms with Crippen molar-refractivity contribution in [3.8, 4) is 0 Å². The second kappa shape index (κ2) is 11.5. The Bertz CT molecular complexity index is 959. The van der Waals surface area contributed by atoms with Crippen LogP contribution in [0, 0.1) is 6.92 Å². The number of amides is 2. The fourth-order valence-electron chi connectivity index (χ4n) is 2.67. The van der Waals surface area contributed by atoms with Crippen molar-refractivity contribution in [3.05, 3.63) is 75.7 Å². The van der Waals surface area contributed by atoms with Crippen LogP contribution in [0.5, 0.6) is 0 Å². The summed E-state index contributed by atoms with van der Waals surface area (Å²) >= 11 is 2.71. The molecule has 0 saturated carbocycles. The average Bonchev–Trinajstić information content (AvgIpc) is 3.23. The molecule has 0 saturated heterocycles. The quantitative estimate of drug-likeness (QED) is 0.464. The van der Waals surface area contributed by atoms with Gasteiger partial charge in [-0.1, -0.05) is 59.4 Å². The van der Waals surface area contributed by atoms with E-state index >= 15 is 0 Å². The molecular weight excluding hydrogens is 416 g/mol. The number of anilines is 1. The number of aryl methyl sites for hydroxylation is 2. The minimum absolute atomic E-state index is 0.00918. The Balaban J connectivity index is 1.33. The van der Waals surface area contributed by atoms with Gasteiger partial charge in [0.25, 0.3) is 5.91 Å². The number of nitrogens with zero attached hydrogens (tertiary/aromatic N) is 2. The van der Waals surface area contributed by atoms with Crippen LogP contribution in [0.1, 0.15) is 32.4 Å². The van der Waals surface area contributed by atoms with Crippen molar-refractivity contribution in [1.82, 2.24) is 15.5 Å². The standard InChI is InChI=1S/C22H24N4O2S2/c1-16-9-11-18(12-10-16)24-21(28)22-26-25-20(30-22)15-29-14-19(27)23-13-5-8-17-6-3-2-4-7-17/h2-4,6-7,9-12H,5,8,13-15H2,1H3,(H,23,27)(H,24,28). The smallest absolute Gasteiger partial charge is 0.286 e. The summed E-state index contributed by atoms with van der Waals surface area (Å²) < 4.78 is 0. The second-order valence-corrected chi connectivity index (χ2v) is 8.80. The maximum atomic E-state index is 12.3. The van der Waals surface area contributed by atoms with Crippen molar-refractivity contribution in [2.45, 2.75) is 25.5 Å². The molecule has 3 aromatic rings. The highest BCUT2D eigenvalue weighted by Gasteiger charge is 2.13. The first-order chi connectivity index (χ1) is 14.6. The predicted octanol–water partition coefficient (Wildman–Crippen LogP) is 4.08. The molecular formula is C22H24N4O2S2. The molecule has 0 unspecified atom stereocenters. The lowest BCUT2D eigenvalue weighted by molar-refractivity contribution is -0.118. The lowest BCUT2D eigenvalue weighted by atomic mass is 10.1. The topological polar surface area (TPSA) is 84.0 Å². The van der Waals surface area contributed by atoms with Gasteiger partial charge in [0.15, 0.2) is 0 Å². The number of nitrogens with one attached hydrogen (secondary N) is 2. The monoisotopic (exact) mass is 440 g/mol. The third kappa shape index (κ3) is 7.27. The minimum Gasteiger partial charge on any atom is -0.355 e. The van der Waals surface area contributed by atoms with Crippen LogP contribution in [0.4, 0.5) is 5.69 Å².